The van der Waals surface area contributed by atoms with Gasteiger partial charge in [0.15, 0.2) is 5.78 Å². The van der Waals surface area contributed by atoms with Crippen LogP contribution in [0.5, 0.6) is 0 Å². The number of unbranched alkanes of at least 4 members (excludes halogenated alkanes) is 2. The largest absolute Gasteiger partial charge is 0.469 e. The minimum absolute atomic E-state index is 0.0161. The second kappa shape index (κ2) is 10.1. The van der Waals surface area contributed by atoms with Gasteiger partial charge in [-0.1, -0.05) is 55.6 Å². The summed E-state index contributed by atoms with van der Waals surface area (Å²) in [5.41, 5.74) is 3.97. The second-order valence-electron chi connectivity index (χ2n) is 9.25. The summed E-state index contributed by atoms with van der Waals surface area (Å²) in [5, 5.41) is 4.16. The fraction of sp³-hybridized carbons (Fsp3) is 0.310. The van der Waals surface area contributed by atoms with Crippen LogP contribution in [0.1, 0.15) is 68.7 Å². The first-order valence-corrected chi connectivity index (χ1v) is 12.7. The van der Waals surface area contributed by atoms with E-state index in [2.05, 4.69) is 12.2 Å². The topological polar surface area (TPSA) is 62.6 Å². The van der Waals surface area contributed by atoms with Crippen LogP contribution >= 0.6 is 11.6 Å². The van der Waals surface area contributed by atoms with Crippen molar-refractivity contribution in [3.05, 3.63) is 94.5 Å². The third-order valence-electron chi connectivity index (χ3n) is 6.88. The van der Waals surface area contributed by atoms with E-state index in [0.29, 0.717) is 29.9 Å². The van der Waals surface area contributed by atoms with Crippen molar-refractivity contribution in [2.75, 3.05) is 10.2 Å². The molecule has 5 rings (SSSR count). The van der Waals surface area contributed by atoms with Crippen LogP contribution in [-0.2, 0) is 9.59 Å². The number of nitrogens with zero attached hydrogens (tertiary/aromatic N) is 1. The highest BCUT2D eigenvalue weighted by atomic mass is 35.5. The number of hydrogen-bond donors (Lipinski definition) is 1. The highest BCUT2D eigenvalue weighted by Crippen LogP contribution is 2.47. The molecule has 0 bridgehead atoms. The van der Waals surface area contributed by atoms with Gasteiger partial charge >= 0.3 is 0 Å². The molecule has 0 fully saturated rings. The van der Waals surface area contributed by atoms with Gasteiger partial charge in [0.2, 0.25) is 5.91 Å². The third kappa shape index (κ3) is 4.65. The molecule has 0 radical (unpaired) electrons. The zero-order chi connectivity index (χ0) is 24.4. The number of hydrogen-bond acceptors (Lipinski definition) is 4. The number of rotatable bonds is 6. The average molecular weight is 489 g/mol. The Morgan fingerprint density at radius 2 is 1.86 bits per heavy atom. The molecule has 2 atom stereocenters. The number of benzene rings is 2. The van der Waals surface area contributed by atoms with E-state index in [0.717, 1.165) is 47.7 Å². The van der Waals surface area contributed by atoms with Crippen molar-refractivity contribution in [1.29, 1.82) is 0 Å². The van der Waals surface area contributed by atoms with Crippen LogP contribution in [0, 0.1) is 0 Å². The molecule has 0 spiro atoms. The number of halogens is 1. The molecule has 1 aliphatic carbocycles. The van der Waals surface area contributed by atoms with Crippen LogP contribution in [0.2, 0.25) is 5.02 Å². The quantitative estimate of drug-likeness (QED) is 0.367. The van der Waals surface area contributed by atoms with Gasteiger partial charge < -0.3 is 9.73 Å². The Labute approximate surface area is 210 Å². The zero-order valence-electron chi connectivity index (χ0n) is 19.8. The number of para-hydroxylation sites is 2. The maximum atomic E-state index is 13.8. The van der Waals surface area contributed by atoms with E-state index in [1.54, 1.807) is 6.26 Å². The molecule has 180 valence electrons. The van der Waals surface area contributed by atoms with Gasteiger partial charge in [-0.2, -0.15) is 0 Å². The molecule has 0 unspecified atom stereocenters. The first-order valence-electron chi connectivity index (χ1n) is 12.3. The van der Waals surface area contributed by atoms with Gasteiger partial charge in [0.05, 0.1) is 23.7 Å². The van der Waals surface area contributed by atoms with Gasteiger partial charge in [-0.3, -0.25) is 14.5 Å². The highest BCUT2D eigenvalue weighted by molar-refractivity contribution is 6.30. The van der Waals surface area contributed by atoms with Gasteiger partial charge in [0, 0.05) is 35.1 Å². The van der Waals surface area contributed by atoms with Crippen molar-refractivity contribution in [3.63, 3.8) is 0 Å². The van der Waals surface area contributed by atoms with E-state index in [-0.39, 0.29) is 17.6 Å². The van der Waals surface area contributed by atoms with E-state index in [1.807, 2.05) is 65.6 Å². The molecule has 6 heteroatoms. The number of Topliss-reactive ketones (excluding diaryl/α,β-unsaturated/α-hetero) is 1. The summed E-state index contributed by atoms with van der Waals surface area (Å²) in [6, 6.07) is 18.5. The van der Waals surface area contributed by atoms with Crippen LogP contribution in [0.15, 0.2) is 82.6 Å². The number of ketones is 1. The van der Waals surface area contributed by atoms with Gasteiger partial charge in [0.25, 0.3) is 0 Å². The molecule has 1 aromatic heterocycles. The summed E-state index contributed by atoms with van der Waals surface area (Å²) in [6.07, 6.45) is 5.88. The van der Waals surface area contributed by atoms with E-state index in [9.17, 15) is 9.59 Å². The van der Waals surface area contributed by atoms with Crippen molar-refractivity contribution in [1.82, 2.24) is 0 Å². The first-order chi connectivity index (χ1) is 17.1. The Morgan fingerprint density at radius 3 is 2.60 bits per heavy atom. The summed E-state index contributed by atoms with van der Waals surface area (Å²) < 4.78 is 5.66. The Kier molecular flexibility index (Phi) is 6.78. The SMILES string of the molecule is CCCCCC(=O)N1c2ccccc2NC2=C(C(=O)C[C@@H](c3ccco3)C2)[C@H]1c1ccc(Cl)cc1. The minimum atomic E-state index is -0.530. The summed E-state index contributed by atoms with van der Waals surface area (Å²) >= 11 is 6.21. The van der Waals surface area contributed by atoms with Crippen LogP contribution in [-0.4, -0.2) is 11.7 Å². The van der Waals surface area contributed by atoms with Crippen molar-refractivity contribution in [2.45, 2.75) is 57.4 Å². The lowest BCUT2D eigenvalue weighted by molar-refractivity contribution is -0.119. The van der Waals surface area contributed by atoms with Gasteiger partial charge in [-0.05, 0) is 54.8 Å². The lowest BCUT2D eigenvalue weighted by Crippen LogP contribution is -2.38. The summed E-state index contributed by atoms with van der Waals surface area (Å²) in [6.45, 7) is 2.12. The lowest BCUT2D eigenvalue weighted by Gasteiger charge is -2.35. The fourth-order valence-corrected chi connectivity index (χ4v) is 5.32. The van der Waals surface area contributed by atoms with Crippen LogP contribution in [0.25, 0.3) is 0 Å². The number of furan rings is 1. The maximum Gasteiger partial charge on any atom is 0.227 e. The molecule has 0 saturated carbocycles. The first kappa shape index (κ1) is 23.4. The Bertz CT molecular complexity index is 1250. The van der Waals surface area contributed by atoms with Gasteiger partial charge in [-0.25, -0.2) is 0 Å². The Morgan fingerprint density at radius 1 is 1.06 bits per heavy atom. The molecule has 2 heterocycles. The Hall–Kier alpha value is -3.31. The van der Waals surface area contributed by atoms with Gasteiger partial charge in [0.1, 0.15) is 5.76 Å². The fourth-order valence-electron chi connectivity index (χ4n) is 5.20. The molecule has 35 heavy (non-hydrogen) atoms. The molecule has 2 aromatic carbocycles. The predicted molar refractivity (Wildman–Crippen MR) is 139 cm³/mol. The second-order valence-corrected chi connectivity index (χ2v) is 9.69. The number of carbonyl (C=O) groups is 2. The predicted octanol–water partition coefficient (Wildman–Crippen LogP) is 7.41. The molecule has 5 nitrogen and oxygen atoms in total. The monoisotopic (exact) mass is 488 g/mol. The minimum Gasteiger partial charge on any atom is -0.469 e. The lowest BCUT2D eigenvalue weighted by atomic mass is 9.80. The number of allylic oxidation sites excluding steroid dienone is 1. The van der Waals surface area contributed by atoms with Crippen molar-refractivity contribution >= 4 is 34.7 Å². The van der Waals surface area contributed by atoms with Crippen molar-refractivity contribution < 1.29 is 14.0 Å². The molecular weight excluding hydrogens is 460 g/mol. The van der Waals surface area contributed by atoms with E-state index in [4.69, 9.17) is 16.0 Å². The molecule has 1 aliphatic heterocycles. The van der Waals surface area contributed by atoms with Crippen LogP contribution in [0.4, 0.5) is 11.4 Å². The van der Waals surface area contributed by atoms with Gasteiger partial charge in [-0.15, -0.1) is 0 Å². The number of carbonyl (C=O) groups excluding carboxylic acids is 2. The normalized spacial score (nSPS) is 19.6. The van der Waals surface area contributed by atoms with E-state index < -0.39 is 6.04 Å². The summed E-state index contributed by atoms with van der Waals surface area (Å²) in [5.74, 6) is 0.801. The summed E-state index contributed by atoms with van der Waals surface area (Å²) in [4.78, 5) is 29.4. The number of fused-ring (bicyclic) bond motifs is 1. The molecule has 1 N–H and O–H groups in total. The molecular formula is C29H29ClN2O3. The van der Waals surface area contributed by atoms with Crippen LogP contribution in [0.3, 0.4) is 0 Å². The van der Waals surface area contributed by atoms with Crippen LogP contribution < -0.4 is 10.2 Å². The maximum absolute atomic E-state index is 13.8. The number of amides is 1. The van der Waals surface area contributed by atoms with E-state index in [1.165, 1.54) is 0 Å². The number of nitrogens with one attached hydrogen (secondary N) is 1. The highest BCUT2D eigenvalue weighted by Gasteiger charge is 2.41. The molecule has 3 aromatic rings. The number of anilines is 2. The molecule has 2 aliphatic rings. The third-order valence-corrected chi connectivity index (χ3v) is 7.13. The van der Waals surface area contributed by atoms with Crippen molar-refractivity contribution in [3.8, 4) is 0 Å². The smallest absolute Gasteiger partial charge is 0.227 e. The molecule has 0 saturated heterocycles. The van der Waals surface area contributed by atoms with E-state index >= 15 is 0 Å². The average Bonchev–Trinajstić information content (AvgIpc) is 3.35. The van der Waals surface area contributed by atoms with Crippen molar-refractivity contribution in [2.24, 2.45) is 0 Å². The molecule has 1 amide bonds. The summed E-state index contributed by atoms with van der Waals surface area (Å²) in [7, 11) is 0. The Balaban J connectivity index is 1.66. The zero-order valence-corrected chi connectivity index (χ0v) is 20.6. The standard InChI is InChI=1S/C29H29ClN2O3/c1-2-3-4-11-27(34)32-24-9-6-5-8-22(24)31-23-17-20(26-10-7-16-35-26)18-25(33)28(23)29(32)19-12-14-21(30)15-13-19/h5-10,12-16,20,29,31H,2-4,11,17-18H2,1H3/t20-,29+/m0/s1.